The molecule has 3 aromatic rings. The van der Waals surface area contributed by atoms with Gasteiger partial charge in [-0.05, 0) is 63.4 Å². The Morgan fingerprint density at radius 1 is 1.09 bits per heavy atom. The van der Waals surface area contributed by atoms with E-state index < -0.39 is 0 Å². The van der Waals surface area contributed by atoms with Gasteiger partial charge in [0.15, 0.2) is 0 Å². The molecule has 0 unspecified atom stereocenters. The summed E-state index contributed by atoms with van der Waals surface area (Å²) in [6, 6.07) is 5.94. The van der Waals surface area contributed by atoms with Crippen molar-refractivity contribution in [3.8, 4) is 5.75 Å². The third-order valence-corrected chi connectivity index (χ3v) is 6.69. The Bertz CT molecular complexity index is 1280. The summed E-state index contributed by atoms with van der Waals surface area (Å²) in [5.41, 5.74) is 12.8. The standard InChI is InChI=1S/C22H29N5O.C5H8N2.C4H8O2.C2H6/c1-6-7-19(23)22-15(3)24-11-21(26-22)17-12-27(13-17)16(4)25-20-9-8-18(28-5)10-14(20)2;1-5-3-6-7(2)4-5;1-2-6-4-3-5-1;1-2/h7-11,17H,6,12-13,23H2,1-5H3;3-4H,1-2H3;1-4H2;1-2H3. The highest BCUT2D eigenvalue weighted by Crippen LogP contribution is 2.29. The predicted octanol–water partition coefficient (Wildman–Crippen LogP) is 5.75. The monoisotopic (exact) mass is 593 g/mol. The lowest BCUT2D eigenvalue weighted by atomic mass is 9.96. The van der Waals surface area contributed by atoms with Crippen LogP contribution in [0.5, 0.6) is 5.75 Å². The highest BCUT2D eigenvalue weighted by Gasteiger charge is 2.30. The van der Waals surface area contributed by atoms with Gasteiger partial charge in [-0.3, -0.25) is 9.67 Å². The third kappa shape index (κ3) is 11.4. The third-order valence-electron chi connectivity index (χ3n) is 6.69. The lowest BCUT2D eigenvalue weighted by Crippen LogP contribution is -2.47. The molecule has 43 heavy (non-hydrogen) atoms. The maximum absolute atomic E-state index is 6.15. The molecule has 5 rings (SSSR count). The minimum Gasteiger partial charge on any atom is -0.497 e. The van der Waals surface area contributed by atoms with Crippen LogP contribution in [0.4, 0.5) is 5.69 Å². The van der Waals surface area contributed by atoms with E-state index in [-0.39, 0.29) is 0 Å². The van der Waals surface area contributed by atoms with E-state index in [1.54, 1.807) is 11.8 Å². The molecule has 2 aliphatic heterocycles. The summed E-state index contributed by atoms with van der Waals surface area (Å²) in [5, 5.41) is 3.93. The fourth-order valence-corrected chi connectivity index (χ4v) is 4.29. The van der Waals surface area contributed by atoms with Crippen LogP contribution in [0.3, 0.4) is 0 Å². The van der Waals surface area contributed by atoms with Crippen LogP contribution in [-0.2, 0) is 16.5 Å². The Balaban J connectivity index is 0.000000349. The summed E-state index contributed by atoms with van der Waals surface area (Å²) in [6.45, 7) is 19.0. The van der Waals surface area contributed by atoms with Gasteiger partial charge in [0, 0.05) is 38.4 Å². The summed E-state index contributed by atoms with van der Waals surface area (Å²) in [4.78, 5) is 16.3. The number of hydrogen-bond acceptors (Lipinski definition) is 8. The van der Waals surface area contributed by atoms with Gasteiger partial charge in [0.1, 0.15) is 17.3 Å². The minimum atomic E-state index is 0.350. The van der Waals surface area contributed by atoms with Crippen molar-refractivity contribution in [2.24, 2.45) is 17.8 Å². The van der Waals surface area contributed by atoms with Gasteiger partial charge < -0.3 is 24.8 Å². The molecular weight excluding hydrogens is 542 g/mol. The van der Waals surface area contributed by atoms with Crippen LogP contribution in [0.15, 0.2) is 47.9 Å². The van der Waals surface area contributed by atoms with Crippen molar-refractivity contribution in [1.82, 2.24) is 24.6 Å². The lowest BCUT2D eigenvalue weighted by Gasteiger charge is -2.40. The maximum atomic E-state index is 6.15. The largest absolute Gasteiger partial charge is 0.497 e. The average molecular weight is 594 g/mol. The number of nitrogens with two attached hydrogens (primary N) is 1. The summed E-state index contributed by atoms with van der Waals surface area (Å²) in [6.07, 6.45) is 8.55. The Morgan fingerprint density at radius 2 is 1.74 bits per heavy atom. The molecule has 2 N–H and O–H groups in total. The number of likely N-dealkylation sites (tertiary alicyclic amines) is 1. The highest BCUT2D eigenvalue weighted by molar-refractivity contribution is 5.84. The first-order valence-electron chi connectivity index (χ1n) is 15.1. The van der Waals surface area contributed by atoms with Crippen LogP contribution in [0.1, 0.15) is 68.2 Å². The Hall–Kier alpha value is -3.76. The van der Waals surface area contributed by atoms with Gasteiger partial charge in [0.2, 0.25) is 0 Å². The second kappa shape index (κ2) is 18.7. The van der Waals surface area contributed by atoms with Gasteiger partial charge in [-0.1, -0.05) is 26.8 Å². The highest BCUT2D eigenvalue weighted by atomic mass is 16.6. The van der Waals surface area contributed by atoms with Gasteiger partial charge in [-0.15, -0.1) is 0 Å². The summed E-state index contributed by atoms with van der Waals surface area (Å²) in [7, 11) is 3.58. The van der Waals surface area contributed by atoms with Crippen LogP contribution in [0.25, 0.3) is 5.70 Å². The van der Waals surface area contributed by atoms with Gasteiger partial charge in [-0.25, -0.2) is 9.98 Å². The molecule has 2 fully saturated rings. The SMILES string of the molecule is C1COCCO1.CC.CCC=C(N)c1nc(C2CN(C(C)=Nc3ccc(OC)cc3C)C2)cnc1C.Cc1cnn(C)c1. The molecule has 2 aliphatic rings. The molecule has 0 aliphatic carbocycles. The van der Waals surface area contributed by atoms with Gasteiger partial charge in [0.05, 0.1) is 62.5 Å². The summed E-state index contributed by atoms with van der Waals surface area (Å²) >= 11 is 0. The Morgan fingerprint density at radius 3 is 2.21 bits per heavy atom. The number of aromatic nitrogens is 4. The van der Waals surface area contributed by atoms with Crippen molar-refractivity contribution in [2.75, 3.05) is 46.6 Å². The van der Waals surface area contributed by atoms with Crippen molar-refractivity contribution < 1.29 is 14.2 Å². The summed E-state index contributed by atoms with van der Waals surface area (Å²) < 4.78 is 16.9. The smallest absolute Gasteiger partial charge is 0.119 e. The van der Waals surface area contributed by atoms with E-state index in [2.05, 4.69) is 21.9 Å². The molecule has 10 nitrogen and oxygen atoms in total. The molecule has 4 heterocycles. The van der Waals surface area contributed by atoms with Crippen molar-refractivity contribution in [2.45, 2.75) is 60.8 Å². The van der Waals surface area contributed by atoms with Crippen LogP contribution >= 0.6 is 0 Å². The zero-order chi connectivity index (χ0) is 31.8. The zero-order valence-corrected chi connectivity index (χ0v) is 27.6. The van der Waals surface area contributed by atoms with Crippen molar-refractivity contribution >= 4 is 17.2 Å². The normalized spacial score (nSPS) is 15.1. The quantitative estimate of drug-likeness (QED) is 0.294. The molecule has 0 saturated carbocycles. The Labute approximate surface area is 258 Å². The molecular formula is C33H51N7O3. The van der Waals surface area contributed by atoms with Crippen molar-refractivity contribution in [3.63, 3.8) is 0 Å². The number of ether oxygens (including phenoxy) is 3. The van der Waals surface area contributed by atoms with Crippen LogP contribution < -0.4 is 10.5 Å². The van der Waals surface area contributed by atoms with E-state index in [1.165, 1.54) is 5.56 Å². The number of methoxy groups -OCH3 is 1. The van der Waals surface area contributed by atoms with Gasteiger partial charge in [-0.2, -0.15) is 5.10 Å². The first-order chi connectivity index (χ1) is 20.7. The zero-order valence-electron chi connectivity index (χ0n) is 27.6. The second-order valence-corrected chi connectivity index (χ2v) is 10.1. The fraction of sp³-hybridized carbons (Fsp3) is 0.515. The predicted molar refractivity (Wildman–Crippen MR) is 175 cm³/mol. The molecule has 0 atom stereocenters. The molecule has 1 aromatic carbocycles. The summed E-state index contributed by atoms with van der Waals surface area (Å²) in [5.74, 6) is 2.21. The van der Waals surface area contributed by atoms with Crippen molar-refractivity contribution in [1.29, 1.82) is 0 Å². The molecule has 236 valence electrons. The maximum Gasteiger partial charge on any atom is 0.119 e. The number of allylic oxidation sites excluding steroid dienone is 1. The molecule has 0 amide bonds. The van der Waals surface area contributed by atoms with E-state index in [9.17, 15) is 0 Å². The number of nitrogens with zero attached hydrogens (tertiary/aromatic N) is 6. The molecule has 0 radical (unpaired) electrons. The lowest BCUT2D eigenvalue weighted by molar-refractivity contribution is -0.0334. The minimum absolute atomic E-state index is 0.350. The van der Waals surface area contributed by atoms with Crippen molar-refractivity contribution in [3.05, 3.63) is 71.1 Å². The molecule has 10 heteroatoms. The van der Waals surface area contributed by atoms with Gasteiger partial charge >= 0.3 is 0 Å². The first kappa shape index (κ1) is 35.4. The number of aryl methyl sites for hydroxylation is 4. The molecule has 2 saturated heterocycles. The molecule has 2 aromatic heterocycles. The molecule has 0 spiro atoms. The van der Waals surface area contributed by atoms with Gasteiger partial charge in [0.25, 0.3) is 0 Å². The number of rotatable bonds is 5. The van der Waals surface area contributed by atoms with E-state index in [1.807, 2.05) is 91.5 Å². The second-order valence-electron chi connectivity index (χ2n) is 10.1. The topological polar surface area (TPSA) is 113 Å². The number of hydrogen-bond donors (Lipinski definition) is 1. The molecule has 0 bridgehead atoms. The average Bonchev–Trinajstić information content (AvgIpc) is 3.38. The Kier molecular flexibility index (Phi) is 15.4. The first-order valence-corrected chi connectivity index (χ1v) is 15.1. The fourth-order valence-electron chi connectivity index (χ4n) is 4.29. The van der Waals surface area contributed by atoms with E-state index in [0.29, 0.717) is 11.6 Å². The number of benzene rings is 1. The number of amidine groups is 1. The van der Waals surface area contributed by atoms with Crippen LogP contribution in [0.2, 0.25) is 0 Å². The van der Waals surface area contributed by atoms with Crippen LogP contribution in [-0.4, -0.2) is 77.1 Å². The van der Waals surface area contributed by atoms with E-state index in [4.69, 9.17) is 29.9 Å². The van der Waals surface area contributed by atoms with E-state index >= 15 is 0 Å². The van der Waals surface area contributed by atoms with E-state index in [0.717, 1.165) is 85.9 Å². The number of aliphatic imine (C=N–C) groups is 1. The van der Waals surface area contributed by atoms with Crippen LogP contribution in [0, 0.1) is 20.8 Å².